The zero-order chi connectivity index (χ0) is 17.5. The van der Waals surface area contributed by atoms with Crippen molar-refractivity contribution < 1.29 is 8.42 Å². The zero-order valence-electron chi connectivity index (χ0n) is 14.8. The number of sulfone groups is 1. The molecule has 0 spiro atoms. The van der Waals surface area contributed by atoms with Crippen LogP contribution in [0.15, 0.2) is 34.2 Å². The maximum absolute atomic E-state index is 11.4. The van der Waals surface area contributed by atoms with E-state index in [-0.39, 0.29) is 0 Å². The maximum atomic E-state index is 11.4. The van der Waals surface area contributed by atoms with Crippen molar-refractivity contribution in [1.82, 2.24) is 10.6 Å². The van der Waals surface area contributed by atoms with Gasteiger partial charge in [0.05, 0.1) is 4.90 Å². The number of nitrogens with one attached hydrogen (secondary N) is 2. The molecule has 0 aliphatic carbocycles. The summed E-state index contributed by atoms with van der Waals surface area (Å²) >= 11 is 0. The first-order valence-electron chi connectivity index (χ1n) is 7.98. The molecule has 1 aromatic rings. The molecule has 0 saturated heterocycles. The molecular weight excluding hydrogens is 310 g/mol. The lowest BCUT2D eigenvalue weighted by Gasteiger charge is -2.18. The van der Waals surface area contributed by atoms with E-state index in [1.807, 2.05) is 12.1 Å². The van der Waals surface area contributed by atoms with E-state index in [1.165, 1.54) is 12.7 Å². The van der Waals surface area contributed by atoms with Gasteiger partial charge >= 0.3 is 0 Å². The molecule has 1 rings (SSSR count). The van der Waals surface area contributed by atoms with Gasteiger partial charge in [0.15, 0.2) is 15.8 Å². The van der Waals surface area contributed by atoms with Crippen LogP contribution in [-0.4, -0.2) is 33.7 Å². The number of nitrogens with zero attached hydrogens (tertiary/aromatic N) is 1. The van der Waals surface area contributed by atoms with Gasteiger partial charge < -0.3 is 10.6 Å². The minimum atomic E-state index is -3.14. The minimum Gasteiger partial charge on any atom is -0.354 e. The van der Waals surface area contributed by atoms with E-state index in [0.29, 0.717) is 23.4 Å². The van der Waals surface area contributed by atoms with Gasteiger partial charge in [-0.1, -0.05) is 26.0 Å². The van der Waals surface area contributed by atoms with E-state index in [2.05, 4.69) is 36.4 Å². The van der Waals surface area contributed by atoms with Gasteiger partial charge in [0, 0.05) is 25.9 Å². The first kappa shape index (κ1) is 19.5. The molecule has 0 heterocycles. The molecule has 23 heavy (non-hydrogen) atoms. The van der Waals surface area contributed by atoms with Crippen molar-refractivity contribution >= 4 is 15.8 Å². The molecule has 0 aliphatic heterocycles. The molecule has 0 aromatic heterocycles. The Morgan fingerprint density at radius 2 is 1.74 bits per heavy atom. The summed E-state index contributed by atoms with van der Waals surface area (Å²) in [5.41, 5.74) is 1.01. The van der Waals surface area contributed by atoms with Crippen LogP contribution in [0.5, 0.6) is 0 Å². The molecule has 0 amide bonds. The van der Waals surface area contributed by atoms with E-state index in [9.17, 15) is 8.42 Å². The molecule has 1 unspecified atom stereocenters. The van der Waals surface area contributed by atoms with E-state index in [0.717, 1.165) is 17.9 Å². The van der Waals surface area contributed by atoms with Crippen molar-refractivity contribution in [2.24, 2.45) is 10.9 Å². The molecular formula is C17H29N3O2S. The van der Waals surface area contributed by atoms with Gasteiger partial charge in [-0.3, -0.25) is 4.99 Å². The van der Waals surface area contributed by atoms with Gasteiger partial charge in [-0.25, -0.2) is 8.42 Å². The Morgan fingerprint density at radius 3 is 2.22 bits per heavy atom. The Morgan fingerprint density at radius 1 is 1.13 bits per heavy atom. The van der Waals surface area contributed by atoms with Crippen LogP contribution in [0, 0.1) is 5.92 Å². The van der Waals surface area contributed by atoms with Crippen LogP contribution < -0.4 is 10.6 Å². The summed E-state index contributed by atoms with van der Waals surface area (Å²) in [4.78, 5) is 4.56. The lowest BCUT2D eigenvalue weighted by atomic mass is 10.0. The van der Waals surface area contributed by atoms with Crippen LogP contribution in [0.3, 0.4) is 0 Å². The number of aliphatic imine (C=N–C) groups is 1. The van der Waals surface area contributed by atoms with Crippen LogP contribution in [0.1, 0.15) is 39.2 Å². The van der Waals surface area contributed by atoms with Crippen LogP contribution in [0.4, 0.5) is 0 Å². The second kappa shape index (κ2) is 8.91. The normalized spacial score (nSPS) is 13.9. The van der Waals surface area contributed by atoms with Gasteiger partial charge in [-0.05, 0) is 43.4 Å². The van der Waals surface area contributed by atoms with Gasteiger partial charge in [0.25, 0.3) is 0 Å². The number of rotatable bonds is 7. The van der Waals surface area contributed by atoms with E-state index in [4.69, 9.17) is 0 Å². The summed E-state index contributed by atoms with van der Waals surface area (Å²) in [6.45, 7) is 7.19. The van der Waals surface area contributed by atoms with Crippen LogP contribution in [0.2, 0.25) is 0 Å². The smallest absolute Gasteiger partial charge is 0.191 e. The fraction of sp³-hybridized carbons (Fsp3) is 0.588. The second-order valence-corrected chi connectivity index (χ2v) is 8.37. The highest BCUT2D eigenvalue weighted by Crippen LogP contribution is 2.10. The van der Waals surface area contributed by atoms with E-state index in [1.54, 1.807) is 19.2 Å². The molecule has 5 nitrogen and oxygen atoms in total. The van der Waals surface area contributed by atoms with Crippen LogP contribution >= 0.6 is 0 Å². The average Bonchev–Trinajstić information content (AvgIpc) is 2.48. The predicted octanol–water partition coefficient (Wildman–Crippen LogP) is 2.58. The molecule has 130 valence electrons. The van der Waals surface area contributed by atoms with Gasteiger partial charge in [-0.2, -0.15) is 0 Å². The third-order valence-electron chi connectivity index (χ3n) is 3.60. The summed E-state index contributed by atoms with van der Waals surface area (Å²) in [6, 6.07) is 7.26. The van der Waals surface area contributed by atoms with Gasteiger partial charge in [-0.15, -0.1) is 0 Å². The first-order valence-corrected chi connectivity index (χ1v) is 9.87. The average molecular weight is 340 g/mol. The Hall–Kier alpha value is -1.56. The van der Waals surface area contributed by atoms with Crippen molar-refractivity contribution in [3.8, 4) is 0 Å². The van der Waals surface area contributed by atoms with Crippen molar-refractivity contribution in [3.63, 3.8) is 0 Å². The molecule has 6 heteroatoms. The van der Waals surface area contributed by atoms with Crippen molar-refractivity contribution in [3.05, 3.63) is 29.8 Å². The Bertz CT molecular complexity index is 607. The zero-order valence-corrected chi connectivity index (χ0v) is 15.6. The Kier molecular flexibility index (Phi) is 7.55. The van der Waals surface area contributed by atoms with Gasteiger partial charge in [0.1, 0.15) is 0 Å². The largest absolute Gasteiger partial charge is 0.354 e. The molecule has 0 saturated carbocycles. The predicted molar refractivity (Wildman–Crippen MR) is 96.4 cm³/mol. The number of guanidine groups is 1. The van der Waals surface area contributed by atoms with E-state index >= 15 is 0 Å². The topological polar surface area (TPSA) is 70.6 Å². The second-order valence-electron chi connectivity index (χ2n) is 6.36. The van der Waals surface area contributed by atoms with Crippen LogP contribution in [0.25, 0.3) is 0 Å². The quantitative estimate of drug-likeness (QED) is 0.592. The highest BCUT2D eigenvalue weighted by Gasteiger charge is 2.08. The Balaban J connectivity index is 2.51. The summed E-state index contributed by atoms with van der Waals surface area (Å²) in [7, 11) is -1.39. The third kappa shape index (κ3) is 7.50. The first-order chi connectivity index (χ1) is 10.7. The summed E-state index contributed by atoms with van der Waals surface area (Å²) in [5, 5.41) is 6.62. The lowest BCUT2D eigenvalue weighted by Crippen LogP contribution is -2.41. The number of hydrogen-bond donors (Lipinski definition) is 2. The summed E-state index contributed by atoms with van der Waals surface area (Å²) < 4.78 is 22.9. The lowest BCUT2D eigenvalue weighted by molar-refractivity contribution is 0.489. The maximum Gasteiger partial charge on any atom is 0.191 e. The summed E-state index contributed by atoms with van der Waals surface area (Å²) in [6.07, 6.45) is 3.49. The third-order valence-corrected chi connectivity index (χ3v) is 4.72. The van der Waals surface area contributed by atoms with Crippen LogP contribution in [-0.2, 0) is 16.4 Å². The standard InChI is InChI=1S/C17H29N3O2S/c1-13(2)6-7-14(3)20-17(18-4)19-12-15-8-10-16(11-9-15)23(5,21)22/h8-11,13-14H,6-7,12H2,1-5H3,(H2,18,19,20). The SMILES string of the molecule is CN=C(NCc1ccc(S(C)(=O)=O)cc1)NC(C)CCC(C)C. The summed E-state index contributed by atoms with van der Waals surface area (Å²) in [5.74, 6) is 1.45. The van der Waals surface area contributed by atoms with Gasteiger partial charge in [0.2, 0.25) is 0 Å². The fourth-order valence-electron chi connectivity index (χ4n) is 2.12. The highest BCUT2D eigenvalue weighted by atomic mass is 32.2. The number of hydrogen-bond acceptors (Lipinski definition) is 3. The van der Waals surface area contributed by atoms with Crippen molar-refractivity contribution in [2.75, 3.05) is 13.3 Å². The molecule has 0 aliphatic rings. The van der Waals surface area contributed by atoms with Crippen molar-refractivity contribution in [2.45, 2.75) is 51.1 Å². The fourth-order valence-corrected chi connectivity index (χ4v) is 2.75. The molecule has 0 radical (unpaired) electrons. The minimum absolute atomic E-state index is 0.339. The molecule has 1 atom stereocenters. The monoisotopic (exact) mass is 339 g/mol. The van der Waals surface area contributed by atoms with Crippen molar-refractivity contribution in [1.29, 1.82) is 0 Å². The highest BCUT2D eigenvalue weighted by molar-refractivity contribution is 7.90. The number of benzene rings is 1. The molecule has 0 fully saturated rings. The molecule has 1 aromatic carbocycles. The molecule has 0 bridgehead atoms. The van der Waals surface area contributed by atoms with E-state index < -0.39 is 9.84 Å². The Labute approximate surface area is 140 Å². The molecule has 2 N–H and O–H groups in total.